The van der Waals surface area contributed by atoms with E-state index in [1.54, 1.807) is 12.1 Å². The Labute approximate surface area is 151 Å². The van der Waals surface area contributed by atoms with Gasteiger partial charge in [0, 0.05) is 0 Å². The van der Waals surface area contributed by atoms with Gasteiger partial charge in [0.25, 0.3) is 10.0 Å². The molecular formula is C17H17ClFNO4S. The quantitative estimate of drug-likeness (QED) is 0.679. The molecule has 2 aromatic carbocycles. The molecule has 0 aliphatic rings. The Morgan fingerprint density at radius 2 is 1.80 bits per heavy atom. The summed E-state index contributed by atoms with van der Waals surface area (Å²) in [4.78, 5) is -0.209. The number of benzene rings is 2. The van der Waals surface area contributed by atoms with Crippen LogP contribution in [0.2, 0.25) is 5.02 Å². The Morgan fingerprint density at radius 1 is 1.16 bits per heavy atom. The number of halogens is 2. The van der Waals surface area contributed by atoms with E-state index in [2.05, 4.69) is 6.58 Å². The van der Waals surface area contributed by atoms with Gasteiger partial charge in [0.15, 0.2) is 11.6 Å². The van der Waals surface area contributed by atoms with Gasteiger partial charge >= 0.3 is 0 Å². The van der Waals surface area contributed by atoms with Crippen molar-refractivity contribution < 1.29 is 22.3 Å². The number of hydrogen-bond acceptors (Lipinski definition) is 4. The van der Waals surface area contributed by atoms with Crippen molar-refractivity contribution in [3.63, 3.8) is 0 Å². The van der Waals surface area contributed by atoms with E-state index in [0.717, 1.165) is 10.4 Å². The van der Waals surface area contributed by atoms with Crippen molar-refractivity contribution in [2.75, 3.05) is 25.1 Å². The van der Waals surface area contributed by atoms with Crippen molar-refractivity contribution in [1.82, 2.24) is 0 Å². The van der Waals surface area contributed by atoms with Crippen LogP contribution in [0.4, 0.5) is 10.1 Å². The molecule has 0 atom stereocenters. The highest BCUT2D eigenvalue weighted by molar-refractivity contribution is 7.92. The van der Waals surface area contributed by atoms with Gasteiger partial charge in [-0.25, -0.2) is 12.8 Å². The average Bonchev–Trinajstić information content (AvgIpc) is 2.59. The van der Waals surface area contributed by atoms with Gasteiger partial charge in [-0.15, -0.1) is 6.58 Å². The van der Waals surface area contributed by atoms with Crippen molar-refractivity contribution in [2.45, 2.75) is 4.90 Å². The fourth-order valence-electron chi connectivity index (χ4n) is 2.20. The summed E-state index contributed by atoms with van der Waals surface area (Å²) in [6, 6.07) is 8.01. The first-order valence-corrected chi connectivity index (χ1v) is 8.97. The van der Waals surface area contributed by atoms with E-state index in [9.17, 15) is 12.8 Å². The highest BCUT2D eigenvalue weighted by Crippen LogP contribution is 2.32. The molecular weight excluding hydrogens is 369 g/mol. The molecule has 0 N–H and O–H groups in total. The minimum Gasteiger partial charge on any atom is -0.495 e. The summed E-state index contributed by atoms with van der Waals surface area (Å²) in [6.07, 6.45) is 1.43. The summed E-state index contributed by atoms with van der Waals surface area (Å²) in [6.45, 7) is 3.56. The normalized spacial score (nSPS) is 11.0. The van der Waals surface area contributed by atoms with E-state index in [4.69, 9.17) is 21.1 Å². The molecule has 0 saturated heterocycles. The fraction of sp³-hybridized carbons (Fsp3) is 0.176. The number of hydrogen-bond donors (Lipinski definition) is 0. The predicted molar refractivity (Wildman–Crippen MR) is 95.7 cm³/mol. The molecule has 25 heavy (non-hydrogen) atoms. The molecule has 2 rings (SSSR count). The highest BCUT2D eigenvalue weighted by Gasteiger charge is 2.26. The largest absolute Gasteiger partial charge is 0.495 e. The predicted octanol–water partition coefficient (Wildman–Crippen LogP) is 3.88. The standard InChI is InChI=1S/C17H17ClFNO4S/c1-4-9-20(12-5-7-16(23-2)14(18)10-12)25(21,22)13-6-8-17(24-3)15(19)11-13/h4-8,10-11H,1,9H2,2-3H3. The zero-order chi connectivity index (χ0) is 18.6. The molecule has 0 aromatic heterocycles. The zero-order valence-electron chi connectivity index (χ0n) is 13.7. The number of anilines is 1. The molecule has 0 aliphatic carbocycles. The molecule has 0 amide bonds. The third kappa shape index (κ3) is 3.88. The van der Waals surface area contributed by atoms with Crippen LogP contribution in [-0.4, -0.2) is 29.2 Å². The summed E-state index contributed by atoms with van der Waals surface area (Å²) < 4.78 is 50.8. The molecule has 2 aromatic rings. The smallest absolute Gasteiger partial charge is 0.264 e. The highest BCUT2D eigenvalue weighted by atomic mass is 35.5. The van der Waals surface area contributed by atoms with E-state index >= 15 is 0 Å². The van der Waals surface area contributed by atoms with Crippen LogP contribution in [0.3, 0.4) is 0 Å². The summed E-state index contributed by atoms with van der Waals surface area (Å²) in [5.41, 5.74) is 0.307. The van der Waals surface area contributed by atoms with Crippen molar-refractivity contribution >= 4 is 27.3 Å². The third-order valence-electron chi connectivity index (χ3n) is 3.43. The summed E-state index contributed by atoms with van der Waals surface area (Å²) in [7, 11) is -1.27. The molecule has 0 radical (unpaired) electrons. The topological polar surface area (TPSA) is 55.8 Å². The first-order chi connectivity index (χ1) is 11.8. The van der Waals surface area contributed by atoms with Gasteiger partial charge in [0.1, 0.15) is 5.75 Å². The van der Waals surface area contributed by atoms with Crippen LogP contribution in [0.15, 0.2) is 53.9 Å². The Bertz CT molecular complexity index is 886. The van der Waals surface area contributed by atoms with Crippen LogP contribution in [0, 0.1) is 5.82 Å². The Hall–Kier alpha value is -2.25. The summed E-state index contributed by atoms with van der Waals surface area (Å²) in [5.74, 6) is -0.395. The van der Waals surface area contributed by atoms with E-state index in [1.807, 2.05) is 0 Å². The lowest BCUT2D eigenvalue weighted by Gasteiger charge is -2.24. The minimum absolute atomic E-state index is 0.0152. The van der Waals surface area contributed by atoms with Crippen LogP contribution in [0.5, 0.6) is 11.5 Å². The van der Waals surface area contributed by atoms with Crippen molar-refractivity contribution in [1.29, 1.82) is 0 Å². The first-order valence-electron chi connectivity index (χ1n) is 7.16. The summed E-state index contributed by atoms with van der Waals surface area (Å²) in [5, 5.41) is 0.255. The van der Waals surface area contributed by atoms with Gasteiger partial charge in [0.05, 0.1) is 36.4 Å². The van der Waals surface area contributed by atoms with Crippen LogP contribution in [-0.2, 0) is 10.0 Å². The maximum Gasteiger partial charge on any atom is 0.264 e. The van der Waals surface area contributed by atoms with Gasteiger partial charge in [-0.3, -0.25) is 4.31 Å². The van der Waals surface area contributed by atoms with Gasteiger partial charge in [-0.1, -0.05) is 17.7 Å². The number of sulfonamides is 1. The molecule has 0 heterocycles. The lowest BCUT2D eigenvalue weighted by Crippen LogP contribution is -2.31. The molecule has 134 valence electrons. The molecule has 5 nitrogen and oxygen atoms in total. The van der Waals surface area contributed by atoms with Crippen LogP contribution < -0.4 is 13.8 Å². The van der Waals surface area contributed by atoms with E-state index in [0.29, 0.717) is 11.4 Å². The third-order valence-corrected chi connectivity index (χ3v) is 5.51. The van der Waals surface area contributed by atoms with E-state index in [1.165, 1.54) is 38.5 Å². The molecule has 0 fully saturated rings. The first kappa shape index (κ1) is 19.1. The Kier molecular flexibility index (Phi) is 5.92. The number of nitrogens with zero attached hydrogens (tertiary/aromatic N) is 1. The average molecular weight is 386 g/mol. The maximum atomic E-state index is 13.9. The second-order valence-corrected chi connectivity index (χ2v) is 7.21. The van der Waals surface area contributed by atoms with Gasteiger partial charge < -0.3 is 9.47 Å². The summed E-state index contributed by atoms with van der Waals surface area (Å²) >= 11 is 6.09. The Morgan fingerprint density at radius 3 is 2.32 bits per heavy atom. The molecule has 0 aliphatic heterocycles. The Balaban J connectivity index is 2.53. The second-order valence-electron chi connectivity index (χ2n) is 4.94. The van der Waals surface area contributed by atoms with Gasteiger partial charge in [-0.05, 0) is 36.4 Å². The zero-order valence-corrected chi connectivity index (χ0v) is 15.3. The molecule has 0 bridgehead atoms. The van der Waals surface area contributed by atoms with Crippen molar-refractivity contribution in [3.8, 4) is 11.5 Å². The molecule has 0 spiro atoms. The molecule has 0 unspecified atom stereocenters. The number of rotatable bonds is 7. The number of ether oxygens (including phenoxy) is 2. The lowest BCUT2D eigenvalue weighted by atomic mass is 10.3. The maximum absolute atomic E-state index is 13.9. The fourth-order valence-corrected chi connectivity index (χ4v) is 3.90. The van der Waals surface area contributed by atoms with Gasteiger partial charge in [-0.2, -0.15) is 0 Å². The van der Waals surface area contributed by atoms with Crippen LogP contribution in [0.1, 0.15) is 0 Å². The van der Waals surface area contributed by atoms with Crippen molar-refractivity contribution in [2.24, 2.45) is 0 Å². The van der Waals surface area contributed by atoms with Crippen LogP contribution in [0.25, 0.3) is 0 Å². The molecule has 0 saturated carbocycles. The van der Waals surface area contributed by atoms with Gasteiger partial charge in [0.2, 0.25) is 0 Å². The second kappa shape index (κ2) is 7.76. The lowest BCUT2D eigenvalue weighted by molar-refractivity contribution is 0.385. The van der Waals surface area contributed by atoms with Crippen molar-refractivity contribution in [3.05, 3.63) is 59.9 Å². The molecule has 8 heteroatoms. The van der Waals surface area contributed by atoms with E-state index < -0.39 is 15.8 Å². The minimum atomic E-state index is -4.03. The van der Waals surface area contributed by atoms with E-state index in [-0.39, 0.29) is 22.2 Å². The number of methoxy groups -OCH3 is 2. The monoisotopic (exact) mass is 385 g/mol. The SMILES string of the molecule is C=CCN(c1ccc(OC)c(Cl)c1)S(=O)(=O)c1ccc(OC)c(F)c1. The van der Waals surface area contributed by atoms with Crippen LogP contribution >= 0.6 is 11.6 Å².